The summed E-state index contributed by atoms with van der Waals surface area (Å²) < 4.78 is 10.1. The van der Waals surface area contributed by atoms with Crippen molar-refractivity contribution in [3.63, 3.8) is 0 Å². The van der Waals surface area contributed by atoms with Crippen molar-refractivity contribution < 1.29 is 24.2 Å². The van der Waals surface area contributed by atoms with E-state index in [1.54, 1.807) is 24.3 Å². The molecule has 160 valence electrons. The topological polar surface area (TPSA) is 84.9 Å². The fraction of sp³-hybridized carbons (Fsp3) is 0.167. The van der Waals surface area contributed by atoms with Crippen molar-refractivity contribution in [1.82, 2.24) is 0 Å². The van der Waals surface area contributed by atoms with Gasteiger partial charge in [0.15, 0.2) is 18.1 Å². The van der Waals surface area contributed by atoms with Gasteiger partial charge in [0.2, 0.25) is 0 Å². The third kappa shape index (κ3) is 6.79. The predicted molar refractivity (Wildman–Crippen MR) is 120 cm³/mol. The van der Waals surface area contributed by atoms with E-state index in [0.717, 1.165) is 15.4 Å². The number of esters is 1. The van der Waals surface area contributed by atoms with E-state index in [4.69, 9.17) is 9.47 Å². The number of carbonyl (C=O) groups is 2. The van der Waals surface area contributed by atoms with Gasteiger partial charge in [-0.1, -0.05) is 48.2 Å². The number of anilines is 1. The van der Waals surface area contributed by atoms with Crippen LogP contribution < -0.4 is 10.1 Å². The number of methoxy groups -OCH3 is 1. The number of rotatable bonds is 9. The molecule has 2 N–H and O–H groups in total. The average molecular weight is 438 g/mol. The first-order valence-corrected chi connectivity index (χ1v) is 10.5. The minimum atomic E-state index is -0.489. The monoisotopic (exact) mass is 437 g/mol. The molecule has 0 aliphatic rings. The van der Waals surface area contributed by atoms with Crippen LogP contribution >= 0.6 is 11.8 Å². The number of amides is 1. The third-order valence-corrected chi connectivity index (χ3v) is 5.44. The highest BCUT2D eigenvalue weighted by Gasteiger charge is 2.12. The van der Waals surface area contributed by atoms with Gasteiger partial charge in [-0.25, -0.2) is 0 Å². The van der Waals surface area contributed by atoms with Crippen molar-refractivity contribution in [3.05, 3.63) is 78.4 Å². The Bertz CT molecular complexity index is 1040. The SMILES string of the molecule is COc1ccc(CCC(=O)OCC(=O)Nc2ccccc2Sc2ccccc2)cc1O. The molecule has 3 aromatic rings. The lowest BCUT2D eigenvalue weighted by molar-refractivity contribution is -0.147. The van der Waals surface area contributed by atoms with Crippen LogP contribution in [0.1, 0.15) is 12.0 Å². The molecule has 0 bridgehead atoms. The summed E-state index contributed by atoms with van der Waals surface area (Å²) in [5, 5.41) is 12.6. The number of ether oxygens (including phenoxy) is 2. The first-order chi connectivity index (χ1) is 15.0. The Morgan fingerprint density at radius 2 is 1.74 bits per heavy atom. The predicted octanol–water partition coefficient (Wildman–Crippen LogP) is 4.67. The number of nitrogens with one attached hydrogen (secondary N) is 1. The largest absolute Gasteiger partial charge is 0.504 e. The van der Waals surface area contributed by atoms with Gasteiger partial charge in [-0.2, -0.15) is 0 Å². The number of aromatic hydroxyl groups is 1. The van der Waals surface area contributed by atoms with Crippen molar-refractivity contribution in [3.8, 4) is 11.5 Å². The minimum absolute atomic E-state index is 0.0137. The maximum absolute atomic E-state index is 12.3. The van der Waals surface area contributed by atoms with Crippen LogP contribution in [0.3, 0.4) is 0 Å². The van der Waals surface area contributed by atoms with Crippen molar-refractivity contribution in [1.29, 1.82) is 0 Å². The van der Waals surface area contributed by atoms with E-state index in [1.807, 2.05) is 48.5 Å². The highest BCUT2D eigenvalue weighted by molar-refractivity contribution is 7.99. The Morgan fingerprint density at radius 1 is 1.00 bits per heavy atom. The zero-order valence-corrected chi connectivity index (χ0v) is 17.9. The first-order valence-electron chi connectivity index (χ1n) is 9.68. The van der Waals surface area contributed by atoms with E-state index >= 15 is 0 Å². The summed E-state index contributed by atoms with van der Waals surface area (Å²) in [7, 11) is 1.47. The summed E-state index contributed by atoms with van der Waals surface area (Å²) in [5.41, 5.74) is 1.43. The molecule has 0 saturated heterocycles. The van der Waals surface area contributed by atoms with Gasteiger partial charge < -0.3 is 19.9 Å². The Hall–Kier alpha value is -3.45. The lowest BCUT2D eigenvalue weighted by atomic mass is 10.1. The lowest BCUT2D eigenvalue weighted by Gasteiger charge is -2.11. The Balaban J connectivity index is 1.48. The Morgan fingerprint density at radius 3 is 2.48 bits per heavy atom. The molecule has 0 aromatic heterocycles. The van der Waals surface area contributed by atoms with Gasteiger partial charge in [-0.15, -0.1) is 0 Å². The number of hydrogen-bond acceptors (Lipinski definition) is 6. The molecule has 6 nitrogen and oxygen atoms in total. The molecule has 0 atom stereocenters. The molecule has 0 radical (unpaired) electrons. The minimum Gasteiger partial charge on any atom is -0.504 e. The van der Waals surface area contributed by atoms with E-state index in [9.17, 15) is 14.7 Å². The van der Waals surface area contributed by atoms with Crippen molar-refractivity contribution in [2.24, 2.45) is 0 Å². The fourth-order valence-corrected chi connectivity index (χ4v) is 3.74. The fourth-order valence-electron chi connectivity index (χ4n) is 2.82. The molecule has 0 heterocycles. The molecular formula is C24H23NO5S. The summed E-state index contributed by atoms with van der Waals surface area (Å²) in [6.45, 7) is -0.364. The molecule has 0 aliphatic heterocycles. The zero-order valence-electron chi connectivity index (χ0n) is 17.0. The van der Waals surface area contributed by atoms with Crippen molar-refractivity contribution in [2.45, 2.75) is 22.6 Å². The highest BCUT2D eigenvalue weighted by Crippen LogP contribution is 2.33. The van der Waals surface area contributed by atoms with Crippen LogP contribution in [0, 0.1) is 0 Å². The molecule has 0 unspecified atom stereocenters. The summed E-state index contributed by atoms with van der Waals surface area (Å²) >= 11 is 1.54. The number of hydrogen-bond donors (Lipinski definition) is 2. The van der Waals surface area contributed by atoms with Crippen LogP contribution in [0.5, 0.6) is 11.5 Å². The third-order valence-electron chi connectivity index (χ3n) is 4.36. The number of phenolic OH excluding ortho intramolecular Hbond substituents is 1. The number of para-hydroxylation sites is 1. The summed E-state index contributed by atoms with van der Waals surface area (Å²) in [4.78, 5) is 26.2. The van der Waals surface area contributed by atoms with Gasteiger partial charge in [0.25, 0.3) is 5.91 Å². The Labute approximate surface area is 185 Å². The number of carbonyl (C=O) groups excluding carboxylic acids is 2. The molecule has 3 rings (SSSR count). The van der Waals surface area contributed by atoms with E-state index in [1.165, 1.54) is 18.9 Å². The van der Waals surface area contributed by atoms with E-state index < -0.39 is 11.9 Å². The van der Waals surface area contributed by atoms with Crippen LogP contribution in [0.2, 0.25) is 0 Å². The van der Waals surface area contributed by atoms with Gasteiger partial charge in [0, 0.05) is 16.2 Å². The Kier molecular flexibility index (Phi) is 7.95. The maximum atomic E-state index is 12.3. The normalized spacial score (nSPS) is 10.4. The van der Waals surface area contributed by atoms with E-state index in [-0.39, 0.29) is 18.8 Å². The molecule has 0 aliphatic carbocycles. The van der Waals surface area contributed by atoms with Gasteiger partial charge in [-0.05, 0) is 48.4 Å². The number of benzene rings is 3. The van der Waals surface area contributed by atoms with E-state index in [2.05, 4.69) is 5.32 Å². The average Bonchev–Trinajstić information content (AvgIpc) is 2.78. The van der Waals surface area contributed by atoms with E-state index in [0.29, 0.717) is 17.9 Å². The summed E-state index contributed by atoms with van der Waals surface area (Å²) in [6, 6.07) is 22.2. The van der Waals surface area contributed by atoms with Gasteiger partial charge in [0.1, 0.15) is 0 Å². The number of phenols is 1. The molecule has 0 saturated carbocycles. The molecule has 3 aromatic carbocycles. The molecule has 0 spiro atoms. The number of aryl methyl sites for hydroxylation is 1. The van der Waals surface area contributed by atoms with Gasteiger partial charge in [0.05, 0.1) is 12.8 Å². The van der Waals surface area contributed by atoms with Crippen LogP contribution in [-0.4, -0.2) is 30.7 Å². The van der Waals surface area contributed by atoms with Crippen molar-refractivity contribution in [2.75, 3.05) is 19.0 Å². The van der Waals surface area contributed by atoms with Gasteiger partial charge >= 0.3 is 5.97 Å². The summed E-state index contributed by atoms with van der Waals surface area (Å²) in [6.07, 6.45) is 0.480. The quantitative estimate of drug-likeness (QED) is 0.474. The van der Waals surface area contributed by atoms with Crippen molar-refractivity contribution >= 4 is 29.3 Å². The standard InChI is InChI=1S/C24H23NO5S/c1-29-21-13-11-17(15-20(21)26)12-14-24(28)30-16-23(27)25-19-9-5-6-10-22(19)31-18-7-3-2-4-8-18/h2-11,13,15,26H,12,14,16H2,1H3,(H,25,27). The van der Waals surface area contributed by atoms with Crippen LogP contribution in [0.4, 0.5) is 5.69 Å². The first kappa shape index (κ1) is 22.2. The molecule has 31 heavy (non-hydrogen) atoms. The maximum Gasteiger partial charge on any atom is 0.306 e. The second-order valence-electron chi connectivity index (χ2n) is 6.63. The second-order valence-corrected chi connectivity index (χ2v) is 7.74. The molecule has 0 fully saturated rings. The van der Waals surface area contributed by atoms with Crippen LogP contribution in [0.25, 0.3) is 0 Å². The lowest BCUT2D eigenvalue weighted by Crippen LogP contribution is -2.21. The zero-order chi connectivity index (χ0) is 22.1. The summed E-state index contributed by atoms with van der Waals surface area (Å²) in [5.74, 6) is -0.512. The highest BCUT2D eigenvalue weighted by atomic mass is 32.2. The van der Waals surface area contributed by atoms with Crippen LogP contribution in [-0.2, 0) is 20.7 Å². The smallest absolute Gasteiger partial charge is 0.306 e. The molecule has 1 amide bonds. The molecule has 7 heteroatoms. The second kappa shape index (κ2) is 11.1. The molecular weight excluding hydrogens is 414 g/mol. The van der Waals surface area contributed by atoms with Gasteiger partial charge in [-0.3, -0.25) is 9.59 Å². The van der Waals surface area contributed by atoms with Crippen LogP contribution in [0.15, 0.2) is 82.6 Å².